The van der Waals surface area contributed by atoms with Crippen LogP contribution in [0, 0.1) is 9.49 Å². The van der Waals surface area contributed by atoms with Crippen molar-refractivity contribution in [3.8, 4) is 0 Å². The highest BCUT2D eigenvalue weighted by molar-refractivity contribution is 14.1. The molecular weight excluding hydrogens is 383 g/mol. The summed E-state index contributed by atoms with van der Waals surface area (Å²) in [6, 6.07) is 2.15. The molecule has 3 rings (SSSR count). The molecule has 0 radical (unpaired) electrons. The molecule has 1 saturated heterocycles. The van der Waals surface area contributed by atoms with E-state index in [2.05, 4.69) is 49.9 Å². The molecule has 0 spiro atoms. The highest BCUT2D eigenvalue weighted by Crippen LogP contribution is 2.33. The molecule has 3 nitrogen and oxygen atoms in total. The van der Waals surface area contributed by atoms with Gasteiger partial charge in [0, 0.05) is 28.3 Å². The van der Waals surface area contributed by atoms with E-state index in [1.54, 1.807) is 0 Å². The van der Waals surface area contributed by atoms with Crippen LogP contribution in [0.3, 0.4) is 0 Å². The standard InChI is InChI=1S/C11H12BrIN2O/c12-10-8(13)2-9-7-1-6(3-14-4-7)5-15(9)11(10)16/h2,6-7,14H,1,3-5H2. The van der Waals surface area contributed by atoms with E-state index >= 15 is 0 Å². The van der Waals surface area contributed by atoms with E-state index < -0.39 is 0 Å². The topological polar surface area (TPSA) is 34.0 Å². The first-order valence-corrected chi connectivity index (χ1v) is 7.33. The van der Waals surface area contributed by atoms with Gasteiger partial charge >= 0.3 is 0 Å². The van der Waals surface area contributed by atoms with Crippen molar-refractivity contribution in [2.45, 2.75) is 18.9 Å². The molecule has 2 aliphatic heterocycles. The van der Waals surface area contributed by atoms with Crippen molar-refractivity contribution in [3.05, 3.63) is 30.2 Å². The Morgan fingerprint density at radius 2 is 2.31 bits per heavy atom. The minimum Gasteiger partial charge on any atom is -0.316 e. The van der Waals surface area contributed by atoms with Crippen LogP contribution in [0.4, 0.5) is 0 Å². The van der Waals surface area contributed by atoms with E-state index in [0.29, 0.717) is 16.3 Å². The summed E-state index contributed by atoms with van der Waals surface area (Å²) in [6.07, 6.45) is 1.23. The van der Waals surface area contributed by atoms with Crippen LogP contribution in [0.1, 0.15) is 18.0 Å². The van der Waals surface area contributed by atoms with Crippen LogP contribution in [-0.2, 0) is 6.54 Å². The molecule has 1 N–H and O–H groups in total. The SMILES string of the molecule is O=c1c(Br)c(I)cc2n1CC1CNCC2C1. The number of nitrogens with one attached hydrogen (secondary N) is 1. The van der Waals surface area contributed by atoms with Gasteiger partial charge < -0.3 is 9.88 Å². The third kappa shape index (κ3) is 1.67. The minimum absolute atomic E-state index is 0.137. The van der Waals surface area contributed by atoms with Gasteiger partial charge in [0.2, 0.25) is 0 Å². The number of rotatable bonds is 0. The zero-order valence-corrected chi connectivity index (χ0v) is 12.4. The number of halogens is 2. The fourth-order valence-corrected chi connectivity index (χ4v) is 3.67. The molecule has 0 aromatic carbocycles. The highest BCUT2D eigenvalue weighted by Gasteiger charge is 2.31. The van der Waals surface area contributed by atoms with Crippen molar-refractivity contribution >= 4 is 38.5 Å². The predicted molar refractivity (Wildman–Crippen MR) is 74.8 cm³/mol. The van der Waals surface area contributed by atoms with Gasteiger partial charge in [-0.2, -0.15) is 0 Å². The Kier molecular flexibility index (Phi) is 2.88. The van der Waals surface area contributed by atoms with E-state index in [4.69, 9.17) is 0 Å². The highest BCUT2D eigenvalue weighted by atomic mass is 127. The molecule has 2 aliphatic rings. The molecule has 3 heterocycles. The average Bonchev–Trinajstić information content (AvgIpc) is 2.29. The lowest BCUT2D eigenvalue weighted by molar-refractivity contribution is 0.256. The molecule has 1 aromatic heterocycles. The smallest absolute Gasteiger partial charge is 0.266 e. The molecule has 2 atom stereocenters. The first kappa shape index (κ1) is 11.2. The van der Waals surface area contributed by atoms with Gasteiger partial charge in [-0.1, -0.05) is 0 Å². The van der Waals surface area contributed by atoms with Crippen LogP contribution >= 0.6 is 38.5 Å². The van der Waals surface area contributed by atoms with Gasteiger partial charge in [-0.05, 0) is 63.5 Å². The molecular formula is C11H12BrIN2O. The Morgan fingerprint density at radius 1 is 1.50 bits per heavy atom. The molecule has 1 aromatic rings. The minimum atomic E-state index is 0.137. The molecule has 0 saturated carbocycles. The Balaban J connectivity index is 2.20. The maximum atomic E-state index is 12.2. The fourth-order valence-electron chi connectivity index (χ4n) is 2.79. The summed E-state index contributed by atoms with van der Waals surface area (Å²) >= 11 is 5.61. The van der Waals surface area contributed by atoms with Gasteiger partial charge in [0.15, 0.2) is 0 Å². The van der Waals surface area contributed by atoms with Crippen LogP contribution in [0.15, 0.2) is 15.3 Å². The zero-order chi connectivity index (χ0) is 11.3. The van der Waals surface area contributed by atoms with Crippen molar-refractivity contribution in [1.82, 2.24) is 9.88 Å². The molecule has 1 fully saturated rings. The van der Waals surface area contributed by atoms with Gasteiger partial charge in [0.05, 0.1) is 4.47 Å². The summed E-state index contributed by atoms with van der Waals surface area (Å²) in [6.45, 7) is 2.92. The number of hydrogen-bond donors (Lipinski definition) is 1. The van der Waals surface area contributed by atoms with Crippen molar-refractivity contribution < 1.29 is 0 Å². The molecule has 2 bridgehead atoms. The van der Waals surface area contributed by atoms with Gasteiger partial charge in [0.1, 0.15) is 0 Å². The molecule has 0 amide bonds. The second-order valence-electron chi connectivity index (χ2n) is 4.60. The van der Waals surface area contributed by atoms with Crippen molar-refractivity contribution in [3.63, 3.8) is 0 Å². The Bertz CT molecular complexity index is 499. The molecule has 5 heteroatoms. The van der Waals surface area contributed by atoms with Gasteiger partial charge in [-0.15, -0.1) is 0 Å². The average molecular weight is 395 g/mol. The van der Waals surface area contributed by atoms with E-state index in [9.17, 15) is 4.79 Å². The predicted octanol–water partition coefficient (Wildman–Crippen LogP) is 1.92. The first-order chi connectivity index (χ1) is 7.66. The largest absolute Gasteiger partial charge is 0.316 e. The number of nitrogens with zero attached hydrogens (tertiary/aromatic N) is 1. The summed E-state index contributed by atoms with van der Waals surface area (Å²) in [7, 11) is 0. The van der Waals surface area contributed by atoms with Crippen molar-refractivity contribution in [1.29, 1.82) is 0 Å². The Labute approximate surface area is 116 Å². The maximum absolute atomic E-state index is 12.2. The van der Waals surface area contributed by atoms with Gasteiger partial charge in [0.25, 0.3) is 5.56 Å². The lowest BCUT2D eigenvalue weighted by Gasteiger charge is -2.37. The summed E-state index contributed by atoms with van der Waals surface area (Å²) in [5.74, 6) is 1.14. The summed E-state index contributed by atoms with van der Waals surface area (Å²) in [5, 5.41) is 3.45. The second kappa shape index (κ2) is 4.10. The summed E-state index contributed by atoms with van der Waals surface area (Å²) in [5.41, 5.74) is 1.35. The van der Waals surface area contributed by atoms with E-state index in [1.165, 1.54) is 12.1 Å². The van der Waals surface area contributed by atoms with Crippen molar-refractivity contribution in [2.75, 3.05) is 13.1 Å². The Morgan fingerprint density at radius 3 is 3.12 bits per heavy atom. The monoisotopic (exact) mass is 394 g/mol. The maximum Gasteiger partial charge on any atom is 0.266 e. The Hall–Kier alpha value is 0.120. The van der Waals surface area contributed by atoms with Crippen molar-refractivity contribution in [2.24, 2.45) is 5.92 Å². The van der Waals surface area contributed by atoms with Crippen LogP contribution in [0.25, 0.3) is 0 Å². The molecule has 0 aliphatic carbocycles. The van der Waals surface area contributed by atoms with Crippen LogP contribution < -0.4 is 10.9 Å². The molecule has 86 valence electrons. The van der Waals surface area contributed by atoms with Crippen LogP contribution in [-0.4, -0.2) is 17.7 Å². The number of fused-ring (bicyclic) bond motifs is 4. The first-order valence-electron chi connectivity index (χ1n) is 5.46. The van der Waals surface area contributed by atoms with Crippen LogP contribution in [0.5, 0.6) is 0 Å². The quantitative estimate of drug-likeness (QED) is 0.682. The van der Waals surface area contributed by atoms with E-state index in [1.807, 2.05) is 4.57 Å². The van der Waals surface area contributed by atoms with Gasteiger partial charge in [-0.25, -0.2) is 0 Å². The number of pyridine rings is 1. The number of hydrogen-bond acceptors (Lipinski definition) is 2. The molecule has 16 heavy (non-hydrogen) atoms. The second-order valence-corrected chi connectivity index (χ2v) is 6.56. The number of piperidine rings is 1. The fraction of sp³-hybridized carbons (Fsp3) is 0.545. The lowest BCUT2D eigenvalue weighted by Crippen LogP contribution is -2.45. The number of aromatic nitrogens is 1. The van der Waals surface area contributed by atoms with Crippen LogP contribution in [0.2, 0.25) is 0 Å². The third-order valence-corrected chi connectivity index (χ3v) is 5.89. The van der Waals surface area contributed by atoms with Gasteiger partial charge in [-0.3, -0.25) is 4.79 Å². The normalized spacial score (nSPS) is 27.6. The zero-order valence-electron chi connectivity index (χ0n) is 8.67. The molecule has 2 unspecified atom stereocenters. The third-order valence-electron chi connectivity index (χ3n) is 3.53. The summed E-state index contributed by atoms with van der Waals surface area (Å²) < 4.78 is 3.70. The summed E-state index contributed by atoms with van der Waals surface area (Å²) in [4.78, 5) is 12.2. The van der Waals surface area contributed by atoms with E-state index in [0.717, 1.165) is 23.2 Å². The van der Waals surface area contributed by atoms with E-state index in [-0.39, 0.29) is 5.56 Å². The lowest BCUT2D eigenvalue weighted by atomic mass is 9.84.